The van der Waals surface area contributed by atoms with Gasteiger partial charge in [0.1, 0.15) is 0 Å². The van der Waals surface area contributed by atoms with Crippen molar-refractivity contribution in [1.82, 2.24) is 19.7 Å². The Hall–Kier alpha value is -2.94. The van der Waals surface area contributed by atoms with E-state index >= 15 is 0 Å². The van der Waals surface area contributed by atoms with Gasteiger partial charge in [-0.05, 0) is 23.8 Å². The molecule has 0 radical (unpaired) electrons. The molecule has 3 rings (SSSR count). The molecule has 0 bridgehead atoms. The van der Waals surface area contributed by atoms with Crippen LogP contribution in [0.15, 0.2) is 47.9 Å². The number of hydrogen-bond donors (Lipinski definition) is 0. The summed E-state index contributed by atoms with van der Waals surface area (Å²) in [5, 5.41) is 20.2. The molecule has 25 heavy (non-hydrogen) atoms. The smallest absolute Gasteiger partial charge is 0.311 e. The number of rotatable bonds is 6. The first-order valence-electron chi connectivity index (χ1n) is 7.34. The van der Waals surface area contributed by atoms with Crippen LogP contribution in [-0.4, -0.2) is 31.8 Å². The highest BCUT2D eigenvalue weighted by Gasteiger charge is 2.16. The van der Waals surface area contributed by atoms with Gasteiger partial charge in [0.25, 0.3) is 0 Å². The minimum Gasteiger partial charge on any atom is -0.490 e. The Morgan fingerprint density at radius 1 is 1.32 bits per heavy atom. The van der Waals surface area contributed by atoms with Crippen LogP contribution in [0.4, 0.5) is 5.69 Å². The van der Waals surface area contributed by atoms with Crippen LogP contribution in [0, 0.1) is 10.1 Å². The summed E-state index contributed by atoms with van der Waals surface area (Å²) in [4.78, 5) is 14.7. The summed E-state index contributed by atoms with van der Waals surface area (Å²) in [6.45, 7) is 0. The molecule has 0 spiro atoms. The molecule has 0 aliphatic rings. The highest BCUT2D eigenvalue weighted by Crippen LogP contribution is 2.31. The van der Waals surface area contributed by atoms with Crippen LogP contribution in [-0.2, 0) is 12.8 Å². The van der Waals surface area contributed by atoms with Gasteiger partial charge in [0.2, 0.25) is 0 Å². The van der Waals surface area contributed by atoms with E-state index in [-0.39, 0.29) is 11.4 Å². The van der Waals surface area contributed by atoms with Crippen molar-refractivity contribution in [2.24, 2.45) is 7.05 Å². The van der Waals surface area contributed by atoms with Gasteiger partial charge in [-0.25, -0.2) is 0 Å². The van der Waals surface area contributed by atoms with Gasteiger partial charge in [0.15, 0.2) is 16.7 Å². The van der Waals surface area contributed by atoms with E-state index in [2.05, 4.69) is 15.2 Å². The number of thioether (sulfide) groups is 1. The molecule has 0 atom stereocenters. The summed E-state index contributed by atoms with van der Waals surface area (Å²) in [7, 11) is 3.29. The topological polar surface area (TPSA) is 96.0 Å². The molecule has 0 unspecified atom stereocenters. The number of methoxy groups -OCH3 is 1. The Balaban J connectivity index is 1.78. The van der Waals surface area contributed by atoms with Gasteiger partial charge in [-0.2, -0.15) is 0 Å². The predicted octanol–water partition coefficient (Wildman–Crippen LogP) is 3.09. The number of nitro benzene ring substituents is 1. The van der Waals surface area contributed by atoms with Crippen LogP contribution in [0.1, 0.15) is 5.56 Å². The van der Waals surface area contributed by atoms with Gasteiger partial charge in [-0.1, -0.05) is 17.8 Å². The fourth-order valence-electron chi connectivity index (χ4n) is 2.30. The van der Waals surface area contributed by atoms with Gasteiger partial charge < -0.3 is 9.30 Å². The van der Waals surface area contributed by atoms with Crippen molar-refractivity contribution in [3.05, 3.63) is 58.4 Å². The average Bonchev–Trinajstić information content (AvgIpc) is 3.01. The normalized spacial score (nSPS) is 10.6. The van der Waals surface area contributed by atoms with Crippen LogP contribution in [0.5, 0.6) is 5.75 Å². The molecular formula is C16H15N5O3S. The second-order valence-electron chi connectivity index (χ2n) is 5.16. The molecule has 0 saturated heterocycles. The van der Waals surface area contributed by atoms with E-state index in [1.165, 1.54) is 24.9 Å². The van der Waals surface area contributed by atoms with Gasteiger partial charge in [0.05, 0.1) is 12.0 Å². The Morgan fingerprint density at radius 3 is 2.84 bits per heavy atom. The largest absolute Gasteiger partial charge is 0.490 e. The summed E-state index contributed by atoms with van der Waals surface area (Å²) in [5.74, 6) is 1.50. The average molecular weight is 357 g/mol. The van der Waals surface area contributed by atoms with Crippen molar-refractivity contribution in [3.8, 4) is 17.1 Å². The van der Waals surface area contributed by atoms with Crippen LogP contribution in [0.25, 0.3) is 11.4 Å². The van der Waals surface area contributed by atoms with Gasteiger partial charge in [0, 0.05) is 36.8 Å². The van der Waals surface area contributed by atoms with Crippen LogP contribution >= 0.6 is 11.8 Å². The Morgan fingerprint density at radius 2 is 2.16 bits per heavy atom. The molecule has 0 amide bonds. The number of nitro groups is 1. The molecule has 0 saturated carbocycles. The fourth-order valence-corrected chi connectivity index (χ4v) is 3.16. The third kappa shape index (κ3) is 3.61. The molecular weight excluding hydrogens is 342 g/mol. The zero-order chi connectivity index (χ0) is 17.8. The quantitative estimate of drug-likeness (QED) is 0.380. The lowest BCUT2D eigenvalue weighted by atomic mass is 10.2. The van der Waals surface area contributed by atoms with E-state index in [9.17, 15) is 10.1 Å². The minimum absolute atomic E-state index is 0.0467. The highest BCUT2D eigenvalue weighted by molar-refractivity contribution is 7.98. The monoisotopic (exact) mass is 357 g/mol. The van der Waals surface area contributed by atoms with Crippen molar-refractivity contribution >= 4 is 17.4 Å². The van der Waals surface area contributed by atoms with E-state index in [0.717, 1.165) is 22.1 Å². The van der Waals surface area contributed by atoms with Crippen LogP contribution in [0.3, 0.4) is 0 Å². The van der Waals surface area contributed by atoms with Crippen molar-refractivity contribution in [2.45, 2.75) is 10.9 Å². The van der Waals surface area contributed by atoms with E-state index in [1.807, 2.05) is 23.7 Å². The first kappa shape index (κ1) is 16.9. The number of nitrogens with zero attached hydrogens (tertiary/aromatic N) is 5. The molecule has 3 aromatic rings. The Kier molecular flexibility index (Phi) is 4.94. The SMILES string of the molecule is COc1ccc(CSc2nnc(-c3cccnc3)n2C)cc1[N+](=O)[O-]. The zero-order valence-electron chi connectivity index (χ0n) is 13.6. The van der Waals surface area contributed by atoms with E-state index < -0.39 is 4.92 Å². The Bertz CT molecular complexity index is 898. The zero-order valence-corrected chi connectivity index (χ0v) is 14.4. The van der Waals surface area contributed by atoms with Gasteiger partial charge in [-0.15, -0.1) is 10.2 Å². The predicted molar refractivity (Wildman–Crippen MR) is 93.4 cm³/mol. The third-order valence-electron chi connectivity index (χ3n) is 3.56. The summed E-state index contributed by atoms with van der Waals surface area (Å²) < 4.78 is 6.89. The molecule has 2 aromatic heterocycles. The van der Waals surface area contributed by atoms with Crippen LogP contribution < -0.4 is 4.74 Å². The summed E-state index contributed by atoms with van der Waals surface area (Å²) in [6, 6.07) is 8.68. The minimum atomic E-state index is -0.449. The maximum atomic E-state index is 11.1. The number of hydrogen-bond acceptors (Lipinski definition) is 7. The summed E-state index contributed by atoms with van der Waals surface area (Å²) in [6.07, 6.45) is 3.43. The number of pyridine rings is 1. The van der Waals surface area contributed by atoms with Gasteiger partial charge >= 0.3 is 5.69 Å². The number of benzene rings is 1. The van der Waals surface area contributed by atoms with E-state index in [1.54, 1.807) is 24.5 Å². The lowest BCUT2D eigenvalue weighted by molar-refractivity contribution is -0.385. The van der Waals surface area contributed by atoms with Crippen molar-refractivity contribution in [3.63, 3.8) is 0 Å². The summed E-state index contributed by atoms with van der Waals surface area (Å²) >= 11 is 1.46. The molecule has 0 aliphatic carbocycles. The van der Waals surface area contributed by atoms with E-state index in [4.69, 9.17) is 4.74 Å². The molecule has 1 aromatic carbocycles. The number of aromatic nitrogens is 4. The second kappa shape index (κ2) is 7.31. The van der Waals surface area contributed by atoms with Crippen molar-refractivity contribution < 1.29 is 9.66 Å². The molecule has 0 fully saturated rings. The van der Waals surface area contributed by atoms with Gasteiger partial charge in [-0.3, -0.25) is 15.1 Å². The molecule has 0 N–H and O–H groups in total. The molecule has 9 heteroatoms. The lowest BCUT2D eigenvalue weighted by Gasteiger charge is -2.06. The summed E-state index contributed by atoms with van der Waals surface area (Å²) in [5.41, 5.74) is 1.64. The standard InChI is InChI=1S/C16H15N5O3S/c1-20-15(12-4-3-7-17-9-12)18-19-16(20)25-10-11-5-6-14(24-2)13(8-11)21(22)23/h3-9H,10H2,1-2H3. The maximum Gasteiger partial charge on any atom is 0.311 e. The number of ether oxygens (including phenoxy) is 1. The Labute approximate surface area is 148 Å². The fraction of sp³-hybridized carbons (Fsp3) is 0.188. The maximum absolute atomic E-state index is 11.1. The highest BCUT2D eigenvalue weighted by atomic mass is 32.2. The molecule has 128 valence electrons. The van der Waals surface area contributed by atoms with Crippen LogP contribution in [0.2, 0.25) is 0 Å². The third-order valence-corrected chi connectivity index (χ3v) is 4.65. The second-order valence-corrected chi connectivity index (χ2v) is 6.10. The molecule has 2 heterocycles. The first-order valence-corrected chi connectivity index (χ1v) is 8.32. The molecule has 8 nitrogen and oxygen atoms in total. The van der Waals surface area contributed by atoms with Crippen molar-refractivity contribution in [1.29, 1.82) is 0 Å². The lowest BCUT2D eigenvalue weighted by Crippen LogP contribution is -1.97. The first-order chi connectivity index (χ1) is 12.1. The molecule has 0 aliphatic heterocycles. The van der Waals surface area contributed by atoms with E-state index in [0.29, 0.717) is 5.75 Å². The van der Waals surface area contributed by atoms with Crippen molar-refractivity contribution in [2.75, 3.05) is 7.11 Å².